The molecule has 2 heterocycles. The van der Waals surface area contributed by atoms with Crippen LogP contribution in [-0.4, -0.2) is 38.6 Å². The summed E-state index contributed by atoms with van der Waals surface area (Å²) in [6.45, 7) is 5.90. The number of nitrogens with one attached hydrogen (secondary N) is 1. The third-order valence-corrected chi connectivity index (χ3v) is 4.69. The number of aryl methyl sites for hydroxylation is 2. The molecule has 0 spiro atoms. The van der Waals surface area contributed by atoms with Crippen LogP contribution in [0.1, 0.15) is 31.7 Å². The number of hydrogen-bond donors (Lipinski definition) is 1. The minimum atomic E-state index is -0.474. The Labute approximate surface area is 126 Å². The average molecular weight is 343 g/mol. The first-order valence-electron chi connectivity index (χ1n) is 6.65. The van der Waals surface area contributed by atoms with Crippen molar-refractivity contribution in [3.8, 4) is 0 Å². The van der Waals surface area contributed by atoms with Gasteiger partial charge in [-0.05, 0) is 36.2 Å². The molecule has 6 nitrogen and oxygen atoms in total. The van der Waals surface area contributed by atoms with E-state index in [0.29, 0.717) is 13.0 Å². The van der Waals surface area contributed by atoms with Gasteiger partial charge in [0.2, 0.25) is 11.8 Å². The first-order chi connectivity index (χ1) is 9.36. The van der Waals surface area contributed by atoms with E-state index in [0.717, 1.165) is 15.9 Å². The Bertz CT molecular complexity index is 555. The van der Waals surface area contributed by atoms with Crippen molar-refractivity contribution in [3.63, 3.8) is 0 Å². The zero-order chi connectivity index (χ0) is 15.0. The lowest BCUT2D eigenvalue weighted by atomic mass is 10.1. The molecule has 2 rings (SSSR count). The lowest BCUT2D eigenvalue weighted by Crippen LogP contribution is -2.61. The van der Waals surface area contributed by atoms with Gasteiger partial charge in [0.05, 0.1) is 22.4 Å². The first-order valence-corrected chi connectivity index (χ1v) is 7.44. The van der Waals surface area contributed by atoms with Crippen LogP contribution in [0.25, 0.3) is 0 Å². The quantitative estimate of drug-likeness (QED) is 0.894. The normalized spacial score (nSPS) is 23.1. The predicted molar refractivity (Wildman–Crippen MR) is 77.9 cm³/mol. The zero-order valence-electron chi connectivity index (χ0n) is 12.1. The number of carbonyl (C=O) groups excluding carboxylic acids is 2. The Hall–Kier alpha value is -1.37. The maximum atomic E-state index is 12.3. The third-order valence-electron chi connectivity index (χ3n) is 3.66. The molecule has 1 saturated heterocycles. The van der Waals surface area contributed by atoms with E-state index in [4.69, 9.17) is 0 Å². The fraction of sp³-hybridized carbons (Fsp3) is 0.615. The molecule has 0 saturated carbocycles. The summed E-state index contributed by atoms with van der Waals surface area (Å²) >= 11 is 3.50. The number of nitrogens with zero attached hydrogens (tertiary/aromatic N) is 3. The number of aromatic nitrogens is 2. The highest BCUT2D eigenvalue weighted by molar-refractivity contribution is 9.10. The van der Waals surface area contributed by atoms with Crippen LogP contribution < -0.4 is 5.32 Å². The second-order valence-electron chi connectivity index (χ2n) is 5.09. The largest absolute Gasteiger partial charge is 0.343 e. The maximum Gasteiger partial charge on any atom is 0.245 e. The number of hydrogen-bond acceptors (Lipinski definition) is 3. The molecule has 1 N–H and O–H groups in total. The van der Waals surface area contributed by atoms with Crippen LogP contribution in [0.15, 0.2) is 4.47 Å². The molecular weight excluding hydrogens is 324 g/mol. The molecule has 0 aliphatic carbocycles. The van der Waals surface area contributed by atoms with E-state index >= 15 is 0 Å². The maximum absolute atomic E-state index is 12.3. The van der Waals surface area contributed by atoms with E-state index in [9.17, 15) is 9.59 Å². The summed E-state index contributed by atoms with van der Waals surface area (Å²) in [4.78, 5) is 26.0. The lowest BCUT2D eigenvalue weighted by Gasteiger charge is -2.37. The number of amides is 2. The second kappa shape index (κ2) is 5.55. The Balaban J connectivity index is 2.33. The fourth-order valence-corrected chi connectivity index (χ4v) is 2.98. The molecule has 0 radical (unpaired) electrons. The molecule has 0 bridgehead atoms. The molecule has 1 aromatic heterocycles. The number of halogens is 1. The molecule has 2 atom stereocenters. The minimum absolute atomic E-state index is 0.0535. The molecule has 1 aliphatic rings. The average Bonchev–Trinajstić information content (AvgIpc) is 2.62. The van der Waals surface area contributed by atoms with E-state index in [1.54, 1.807) is 16.5 Å². The molecular formula is C13H19BrN4O2. The summed E-state index contributed by atoms with van der Waals surface area (Å²) in [6.07, 6.45) is 0.596. The molecule has 0 aromatic carbocycles. The monoisotopic (exact) mass is 342 g/mol. The summed E-state index contributed by atoms with van der Waals surface area (Å²) in [5.41, 5.74) is 1.77. The van der Waals surface area contributed by atoms with Gasteiger partial charge in [0.25, 0.3) is 0 Å². The highest BCUT2D eigenvalue weighted by Crippen LogP contribution is 2.24. The summed E-state index contributed by atoms with van der Waals surface area (Å²) in [5.74, 6) is -0.142. The van der Waals surface area contributed by atoms with Crippen molar-refractivity contribution in [1.29, 1.82) is 0 Å². The standard InChI is InChI=1S/C13H19BrN4O2/c1-5-9-12(19)15-8(3)13(20)18(9)6-10-11(14)7(2)16-17(10)4/h8-9H,5-6H2,1-4H3,(H,15,19). The van der Waals surface area contributed by atoms with Crippen LogP contribution in [0, 0.1) is 6.92 Å². The van der Waals surface area contributed by atoms with Gasteiger partial charge in [0, 0.05) is 7.05 Å². The molecule has 1 fully saturated rings. The van der Waals surface area contributed by atoms with Gasteiger partial charge in [-0.3, -0.25) is 14.3 Å². The van der Waals surface area contributed by atoms with Crippen molar-refractivity contribution < 1.29 is 9.59 Å². The fourth-order valence-electron chi connectivity index (χ4n) is 2.52. The lowest BCUT2D eigenvalue weighted by molar-refractivity contribution is -0.149. The minimum Gasteiger partial charge on any atom is -0.343 e. The van der Waals surface area contributed by atoms with Gasteiger partial charge >= 0.3 is 0 Å². The molecule has 2 amide bonds. The summed E-state index contributed by atoms with van der Waals surface area (Å²) in [5, 5.41) is 7.04. The van der Waals surface area contributed by atoms with E-state index in [1.165, 1.54) is 0 Å². The highest BCUT2D eigenvalue weighted by atomic mass is 79.9. The Morgan fingerprint density at radius 3 is 2.55 bits per heavy atom. The van der Waals surface area contributed by atoms with Gasteiger partial charge in [-0.25, -0.2) is 0 Å². The SMILES string of the molecule is CCC1C(=O)NC(C)C(=O)N1Cc1c(Br)c(C)nn1C. The van der Waals surface area contributed by atoms with Crippen LogP contribution >= 0.6 is 15.9 Å². The smallest absolute Gasteiger partial charge is 0.245 e. The van der Waals surface area contributed by atoms with Gasteiger partial charge in [-0.1, -0.05) is 6.92 Å². The van der Waals surface area contributed by atoms with Crippen LogP contribution in [-0.2, 0) is 23.2 Å². The zero-order valence-corrected chi connectivity index (χ0v) is 13.7. The number of carbonyl (C=O) groups is 2. The molecule has 1 aromatic rings. The van der Waals surface area contributed by atoms with E-state index in [2.05, 4.69) is 26.3 Å². The third kappa shape index (κ3) is 2.46. The van der Waals surface area contributed by atoms with Crippen molar-refractivity contribution >= 4 is 27.7 Å². The topological polar surface area (TPSA) is 67.2 Å². The molecule has 2 unspecified atom stereocenters. The summed E-state index contributed by atoms with van der Waals surface area (Å²) in [6, 6.07) is -0.890. The van der Waals surface area contributed by atoms with E-state index in [1.807, 2.05) is 20.9 Å². The van der Waals surface area contributed by atoms with Gasteiger partial charge in [-0.15, -0.1) is 0 Å². The molecule has 1 aliphatic heterocycles. The van der Waals surface area contributed by atoms with Crippen LogP contribution in [0.3, 0.4) is 0 Å². The molecule has 7 heteroatoms. The predicted octanol–water partition coefficient (Wildman–Crippen LogP) is 1.12. The van der Waals surface area contributed by atoms with Crippen molar-refractivity contribution in [2.45, 2.75) is 45.8 Å². The van der Waals surface area contributed by atoms with Crippen molar-refractivity contribution in [1.82, 2.24) is 20.0 Å². The van der Waals surface area contributed by atoms with Gasteiger partial charge in [0.1, 0.15) is 12.1 Å². The van der Waals surface area contributed by atoms with Crippen molar-refractivity contribution in [3.05, 3.63) is 15.9 Å². The van der Waals surface area contributed by atoms with E-state index < -0.39 is 12.1 Å². The van der Waals surface area contributed by atoms with Crippen LogP contribution in [0.2, 0.25) is 0 Å². The first kappa shape index (κ1) is 15.0. The molecule has 20 heavy (non-hydrogen) atoms. The summed E-state index contributed by atoms with van der Waals surface area (Å²) < 4.78 is 2.64. The van der Waals surface area contributed by atoms with Gasteiger partial charge in [0.15, 0.2) is 0 Å². The summed E-state index contributed by atoms with van der Waals surface area (Å²) in [7, 11) is 1.84. The molecule has 110 valence electrons. The second-order valence-corrected chi connectivity index (χ2v) is 5.88. The van der Waals surface area contributed by atoms with E-state index in [-0.39, 0.29) is 11.8 Å². The Kier molecular flexibility index (Phi) is 4.17. The highest BCUT2D eigenvalue weighted by Gasteiger charge is 2.38. The van der Waals surface area contributed by atoms with Crippen molar-refractivity contribution in [2.75, 3.05) is 0 Å². The Morgan fingerprint density at radius 1 is 1.40 bits per heavy atom. The van der Waals surface area contributed by atoms with Gasteiger partial charge in [-0.2, -0.15) is 5.10 Å². The van der Waals surface area contributed by atoms with Crippen molar-refractivity contribution in [2.24, 2.45) is 7.05 Å². The number of rotatable bonds is 3. The van der Waals surface area contributed by atoms with Crippen LogP contribution in [0.4, 0.5) is 0 Å². The Morgan fingerprint density at radius 2 is 2.05 bits per heavy atom. The number of piperazine rings is 1. The van der Waals surface area contributed by atoms with Crippen LogP contribution in [0.5, 0.6) is 0 Å². The van der Waals surface area contributed by atoms with Gasteiger partial charge < -0.3 is 10.2 Å².